The number of aliphatic carboxylic acids is 1. The van der Waals surface area contributed by atoms with Gasteiger partial charge in [-0.25, -0.2) is 0 Å². The predicted octanol–water partition coefficient (Wildman–Crippen LogP) is 3.16. The van der Waals surface area contributed by atoms with Gasteiger partial charge < -0.3 is 15.6 Å². The van der Waals surface area contributed by atoms with Crippen LogP contribution in [0.5, 0.6) is 5.75 Å². The lowest BCUT2D eigenvalue weighted by molar-refractivity contribution is -0.143. The minimum Gasteiger partial charge on any atom is -0.494 e. The van der Waals surface area contributed by atoms with E-state index in [9.17, 15) is 4.79 Å². The zero-order valence-corrected chi connectivity index (χ0v) is 12.6. The molecule has 0 saturated carbocycles. The van der Waals surface area contributed by atoms with E-state index in [1.807, 2.05) is 12.1 Å². The number of carbonyl (C=O) groups is 1. The second-order valence-corrected chi connectivity index (χ2v) is 5.49. The van der Waals surface area contributed by atoms with Crippen molar-refractivity contribution < 1.29 is 14.6 Å². The number of hydrogen-bond donors (Lipinski definition) is 2. The fourth-order valence-electron chi connectivity index (χ4n) is 1.96. The van der Waals surface area contributed by atoms with E-state index in [1.54, 1.807) is 6.92 Å². The van der Waals surface area contributed by atoms with Crippen molar-refractivity contribution in [1.82, 2.24) is 0 Å². The Labute approximate surface area is 120 Å². The summed E-state index contributed by atoms with van der Waals surface area (Å²) in [5.41, 5.74) is 5.96. The molecule has 0 spiro atoms. The molecule has 1 atom stereocenters. The molecule has 0 radical (unpaired) electrons. The number of hydrogen-bond acceptors (Lipinski definition) is 3. The molecule has 4 heteroatoms. The quantitative estimate of drug-likeness (QED) is 0.717. The number of nitrogens with two attached hydrogens (primary N) is 1. The fraction of sp³-hybridized carbons (Fsp3) is 0.562. The van der Waals surface area contributed by atoms with Gasteiger partial charge in [0, 0.05) is 0 Å². The van der Waals surface area contributed by atoms with Crippen molar-refractivity contribution in [2.24, 2.45) is 5.73 Å². The van der Waals surface area contributed by atoms with Gasteiger partial charge in [0.1, 0.15) is 11.3 Å². The van der Waals surface area contributed by atoms with Crippen molar-refractivity contribution in [3.05, 3.63) is 29.8 Å². The number of benzene rings is 1. The highest BCUT2D eigenvalue weighted by atomic mass is 16.5. The molecule has 0 bridgehead atoms. The Hall–Kier alpha value is -1.55. The summed E-state index contributed by atoms with van der Waals surface area (Å²) in [6.07, 6.45) is 1.47. The van der Waals surface area contributed by atoms with Gasteiger partial charge >= 0.3 is 5.97 Å². The first-order valence-electron chi connectivity index (χ1n) is 7.14. The monoisotopic (exact) mass is 279 g/mol. The maximum absolute atomic E-state index is 11.1. The molecule has 1 aromatic carbocycles. The SMILES string of the molecule is CCC(N)(CCCOc1ccc(C(C)C)cc1)C(=O)O. The van der Waals surface area contributed by atoms with Crippen LogP contribution in [0.1, 0.15) is 51.5 Å². The van der Waals surface area contributed by atoms with E-state index >= 15 is 0 Å². The zero-order chi connectivity index (χ0) is 15.2. The van der Waals surface area contributed by atoms with E-state index < -0.39 is 11.5 Å². The summed E-state index contributed by atoms with van der Waals surface area (Å²) >= 11 is 0. The molecule has 0 amide bonds. The first-order valence-corrected chi connectivity index (χ1v) is 7.14. The summed E-state index contributed by atoms with van der Waals surface area (Å²) < 4.78 is 5.61. The van der Waals surface area contributed by atoms with Crippen molar-refractivity contribution in [3.63, 3.8) is 0 Å². The van der Waals surface area contributed by atoms with E-state index in [4.69, 9.17) is 15.6 Å². The summed E-state index contributed by atoms with van der Waals surface area (Å²) in [4.78, 5) is 11.1. The average molecular weight is 279 g/mol. The van der Waals surface area contributed by atoms with Gasteiger partial charge in [-0.3, -0.25) is 4.79 Å². The Morgan fingerprint density at radius 3 is 2.40 bits per heavy atom. The Morgan fingerprint density at radius 1 is 1.35 bits per heavy atom. The van der Waals surface area contributed by atoms with Gasteiger partial charge in [-0.2, -0.15) is 0 Å². The molecule has 1 unspecified atom stereocenters. The van der Waals surface area contributed by atoms with Crippen LogP contribution in [0.3, 0.4) is 0 Å². The number of carboxylic acid groups (broad SMARTS) is 1. The van der Waals surface area contributed by atoms with E-state index in [0.717, 1.165) is 5.75 Å². The highest BCUT2D eigenvalue weighted by Gasteiger charge is 2.30. The first kappa shape index (κ1) is 16.5. The van der Waals surface area contributed by atoms with Crippen LogP contribution in [0.25, 0.3) is 0 Å². The smallest absolute Gasteiger partial charge is 0.323 e. The molecule has 0 aromatic heterocycles. The molecule has 0 fully saturated rings. The Kier molecular flexibility index (Phi) is 6.02. The number of carboxylic acids is 1. The molecule has 0 heterocycles. The molecule has 0 saturated heterocycles. The molecular weight excluding hydrogens is 254 g/mol. The summed E-state index contributed by atoms with van der Waals surface area (Å²) in [5.74, 6) is 0.368. The lowest BCUT2D eigenvalue weighted by atomic mass is 9.92. The maximum Gasteiger partial charge on any atom is 0.323 e. The average Bonchev–Trinajstić information content (AvgIpc) is 2.43. The van der Waals surface area contributed by atoms with Crippen LogP contribution in [0.4, 0.5) is 0 Å². The topological polar surface area (TPSA) is 72.5 Å². The molecule has 1 rings (SSSR count). The second kappa shape index (κ2) is 7.29. The molecule has 4 nitrogen and oxygen atoms in total. The van der Waals surface area contributed by atoms with Crippen LogP contribution >= 0.6 is 0 Å². The lowest BCUT2D eigenvalue weighted by Gasteiger charge is -2.22. The van der Waals surface area contributed by atoms with E-state index in [-0.39, 0.29) is 0 Å². The second-order valence-electron chi connectivity index (χ2n) is 5.49. The summed E-state index contributed by atoms with van der Waals surface area (Å²) in [6, 6.07) is 8.00. The molecule has 0 aliphatic carbocycles. The van der Waals surface area contributed by atoms with Gasteiger partial charge in [-0.05, 0) is 42.9 Å². The van der Waals surface area contributed by atoms with Gasteiger partial charge in [0.15, 0.2) is 0 Å². The van der Waals surface area contributed by atoms with Crippen molar-refractivity contribution in [2.75, 3.05) is 6.61 Å². The van der Waals surface area contributed by atoms with E-state index in [1.165, 1.54) is 5.56 Å². The van der Waals surface area contributed by atoms with Crippen molar-refractivity contribution in [1.29, 1.82) is 0 Å². The van der Waals surface area contributed by atoms with Crippen molar-refractivity contribution in [2.45, 2.75) is 51.5 Å². The number of rotatable bonds is 8. The maximum atomic E-state index is 11.1. The Balaban J connectivity index is 2.39. The standard InChI is InChI=1S/C16H25NO3/c1-4-16(17,15(18)19)10-5-11-20-14-8-6-13(7-9-14)12(2)3/h6-9,12H,4-5,10-11,17H2,1-3H3,(H,18,19). The molecule has 3 N–H and O–H groups in total. The highest BCUT2D eigenvalue weighted by Crippen LogP contribution is 2.19. The van der Waals surface area contributed by atoms with Crippen LogP contribution in [0.15, 0.2) is 24.3 Å². The third-order valence-corrected chi connectivity index (χ3v) is 3.64. The van der Waals surface area contributed by atoms with Crippen LogP contribution in [-0.4, -0.2) is 23.2 Å². The van der Waals surface area contributed by atoms with Gasteiger partial charge in [0.05, 0.1) is 6.61 Å². The number of ether oxygens (including phenoxy) is 1. The zero-order valence-electron chi connectivity index (χ0n) is 12.6. The molecule has 112 valence electrons. The molecule has 0 aliphatic heterocycles. The molecular formula is C16H25NO3. The largest absolute Gasteiger partial charge is 0.494 e. The van der Waals surface area contributed by atoms with Gasteiger partial charge in [0.25, 0.3) is 0 Å². The fourth-order valence-corrected chi connectivity index (χ4v) is 1.96. The molecule has 0 aliphatic rings. The van der Waals surface area contributed by atoms with Crippen molar-refractivity contribution in [3.8, 4) is 5.75 Å². The van der Waals surface area contributed by atoms with Crippen LogP contribution in [0.2, 0.25) is 0 Å². The Morgan fingerprint density at radius 2 is 1.95 bits per heavy atom. The highest BCUT2D eigenvalue weighted by molar-refractivity contribution is 5.78. The van der Waals surface area contributed by atoms with Crippen molar-refractivity contribution >= 4 is 5.97 Å². The summed E-state index contributed by atoms with van der Waals surface area (Å²) in [6.45, 7) is 6.56. The predicted molar refractivity (Wildman–Crippen MR) is 80.1 cm³/mol. The first-order chi connectivity index (χ1) is 9.39. The van der Waals surface area contributed by atoms with Crippen LogP contribution in [0, 0.1) is 0 Å². The van der Waals surface area contributed by atoms with E-state index in [2.05, 4.69) is 26.0 Å². The molecule has 1 aromatic rings. The van der Waals surface area contributed by atoms with E-state index in [0.29, 0.717) is 31.8 Å². The third-order valence-electron chi connectivity index (χ3n) is 3.64. The minimum atomic E-state index is -1.13. The summed E-state index contributed by atoms with van der Waals surface area (Å²) in [5, 5.41) is 9.07. The molecule has 20 heavy (non-hydrogen) atoms. The van der Waals surface area contributed by atoms with Crippen LogP contribution in [-0.2, 0) is 4.79 Å². The van der Waals surface area contributed by atoms with Gasteiger partial charge in [-0.1, -0.05) is 32.9 Å². The summed E-state index contributed by atoms with van der Waals surface area (Å²) in [7, 11) is 0. The normalized spacial score (nSPS) is 14.1. The van der Waals surface area contributed by atoms with Gasteiger partial charge in [0.2, 0.25) is 0 Å². The third kappa shape index (κ3) is 4.53. The minimum absolute atomic E-state index is 0.420. The van der Waals surface area contributed by atoms with Crippen LogP contribution < -0.4 is 10.5 Å². The lowest BCUT2D eigenvalue weighted by Crippen LogP contribution is -2.47. The van der Waals surface area contributed by atoms with Gasteiger partial charge in [-0.15, -0.1) is 0 Å². The Bertz CT molecular complexity index is 428.